The predicted octanol–water partition coefficient (Wildman–Crippen LogP) is 1.99. The first-order valence-corrected chi connectivity index (χ1v) is 5.47. The van der Waals surface area contributed by atoms with E-state index in [2.05, 4.69) is 4.74 Å². The highest BCUT2D eigenvalue weighted by Crippen LogP contribution is 2.19. The first kappa shape index (κ1) is 12.4. The van der Waals surface area contributed by atoms with Gasteiger partial charge in [0, 0.05) is 5.02 Å². The molecule has 0 saturated carbocycles. The van der Waals surface area contributed by atoms with Crippen LogP contribution in [0, 0.1) is 6.92 Å². The Morgan fingerprint density at radius 3 is 2.72 bits per heavy atom. The highest BCUT2D eigenvalue weighted by Gasteiger charge is 2.20. The number of carbonyl (C=O) groups is 1. The Morgan fingerprint density at radius 1 is 1.44 bits per heavy atom. The summed E-state index contributed by atoms with van der Waals surface area (Å²) in [7, 11) is 1.17. The lowest BCUT2D eigenvalue weighted by Gasteiger charge is -2.11. The minimum Gasteiger partial charge on any atom is -0.465 e. The fourth-order valence-electron chi connectivity index (χ4n) is 1.80. The molecule has 1 heterocycles. The number of nitrogens with zero attached hydrogens (tertiary/aromatic N) is 1. The number of fused-ring (bicyclic) bond motifs is 1. The second-order valence-corrected chi connectivity index (χ2v) is 4.19. The molecule has 0 fully saturated rings. The van der Waals surface area contributed by atoms with Crippen LogP contribution in [0.5, 0.6) is 0 Å². The van der Waals surface area contributed by atoms with Gasteiger partial charge in [-0.05, 0) is 25.1 Å². The number of methoxy groups -OCH3 is 1. The SMILES string of the molecule is COC(=O)c1c(C)n(O)c2ccc(Cl)cc2c1=O. The lowest BCUT2D eigenvalue weighted by atomic mass is 10.1. The molecule has 1 N–H and O–H groups in total. The highest BCUT2D eigenvalue weighted by molar-refractivity contribution is 6.31. The molecule has 0 atom stereocenters. The number of ether oxygens (including phenoxy) is 1. The van der Waals surface area contributed by atoms with Crippen LogP contribution in [0.3, 0.4) is 0 Å². The van der Waals surface area contributed by atoms with Crippen LogP contribution in [0.25, 0.3) is 10.9 Å². The summed E-state index contributed by atoms with van der Waals surface area (Å²) in [4.78, 5) is 23.7. The standard InChI is InChI=1S/C12H10ClNO4/c1-6-10(12(16)18-2)11(15)8-5-7(13)3-4-9(8)14(6)17/h3-5,17H,1-2H3. The lowest BCUT2D eigenvalue weighted by Crippen LogP contribution is -2.22. The molecule has 0 radical (unpaired) electrons. The van der Waals surface area contributed by atoms with Gasteiger partial charge in [-0.1, -0.05) is 11.6 Å². The van der Waals surface area contributed by atoms with Crippen LogP contribution in [-0.2, 0) is 4.74 Å². The Balaban J connectivity index is 2.98. The molecule has 0 unspecified atom stereocenters. The van der Waals surface area contributed by atoms with E-state index in [0.29, 0.717) is 5.02 Å². The summed E-state index contributed by atoms with van der Waals surface area (Å²) >= 11 is 5.80. The molecule has 2 rings (SSSR count). The normalized spacial score (nSPS) is 10.6. The van der Waals surface area contributed by atoms with E-state index in [-0.39, 0.29) is 22.2 Å². The molecule has 0 saturated heterocycles. The fourth-order valence-corrected chi connectivity index (χ4v) is 1.97. The number of pyridine rings is 1. The lowest BCUT2D eigenvalue weighted by molar-refractivity contribution is 0.0593. The maximum atomic E-state index is 12.2. The zero-order valence-corrected chi connectivity index (χ0v) is 10.5. The molecule has 1 aromatic carbocycles. The second kappa shape index (κ2) is 4.34. The van der Waals surface area contributed by atoms with E-state index in [1.807, 2.05) is 0 Å². The van der Waals surface area contributed by atoms with E-state index in [4.69, 9.17) is 11.6 Å². The van der Waals surface area contributed by atoms with Crippen LogP contribution in [0.1, 0.15) is 16.1 Å². The molecule has 94 valence electrons. The van der Waals surface area contributed by atoms with Gasteiger partial charge in [-0.3, -0.25) is 4.79 Å². The van der Waals surface area contributed by atoms with Gasteiger partial charge in [0.2, 0.25) is 5.43 Å². The van der Waals surface area contributed by atoms with E-state index < -0.39 is 11.4 Å². The molecule has 0 bridgehead atoms. The van der Waals surface area contributed by atoms with Crippen LogP contribution >= 0.6 is 11.6 Å². The third kappa shape index (κ3) is 1.73. The van der Waals surface area contributed by atoms with Crippen LogP contribution in [0.2, 0.25) is 5.02 Å². The molecule has 0 aliphatic carbocycles. The average molecular weight is 268 g/mol. The minimum atomic E-state index is -0.790. The topological polar surface area (TPSA) is 68.5 Å². The number of hydrogen-bond acceptors (Lipinski definition) is 4. The van der Waals surface area contributed by atoms with Crippen molar-refractivity contribution in [3.63, 3.8) is 0 Å². The predicted molar refractivity (Wildman–Crippen MR) is 66.5 cm³/mol. The number of hydrogen-bond donors (Lipinski definition) is 1. The van der Waals surface area contributed by atoms with E-state index in [1.54, 1.807) is 6.07 Å². The average Bonchev–Trinajstić information content (AvgIpc) is 2.36. The van der Waals surface area contributed by atoms with Gasteiger partial charge in [-0.15, -0.1) is 0 Å². The molecule has 0 amide bonds. The van der Waals surface area contributed by atoms with Crippen LogP contribution in [-0.4, -0.2) is 23.0 Å². The Bertz CT molecular complexity index is 705. The van der Waals surface area contributed by atoms with Crippen molar-refractivity contribution in [1.82, 2.24) is 4.73 Å². The third-order valence-corrected chi connectivity index (χ3v) is 2.96. The zero-order chi connectivity index (χ0) is 13.4. The van der Waals surface area contributed by atoms with Crippen LogP contribution in [0.4, 0.5) is 0 Å². The maximum Gasteiger partial charge on any atom is 0.343 e. The van der Waals surface area contributed by atoms with Gasteiger partial charge in [-0.25, -0.2) is 4.79 Å². The number of benzene rings is 1. The summed E-state index contributed by atoms with van der Waals surface area (Å²) in [6.07, 6.45) is 0. The number of carbonyl (C=O) groups excluding carboxylic acids is 1. The highest BCUT2D eigenvalue weighted by atomic mass is 35.5. The maximum absolute atomic E-state index is 12.2. The fraction of sp³-hybridized carbons (Fsp3) is 0.167. The number of esters is 1. The molecule has 0 spiro atoms. The van der Waals surface area contributed by atoms with Gasteiger partial charge < -0.3 is 9.94 Å². The molecular formula is C12H10ClNO4. The van der Waals surface area contributed by atoms with Gasteiger partial charge in [0.25, 0.3) is 0 Å². The monoisotopic (exact) mass is 267 g/mol. The van der Waals surface area contributed by atoms with E-state index in [9.17, 15) is 14.8 Å². The van der Waals surface area contributed by atoms with Crippen molar-refractivity contribution in [2.75, 3.05) is 7.11 Å². The first-order valence-electron chi connectivity index (χ1n) is 5.09. The Morgan fingerprint density at radius 2 is 2.11 bits per heavy atom. The van der Waals surface area contributed by atoms with Crippen molar-refractivity contribution in [2.45, 2.75) is 6.92 Å². The molecule has 2 aromatic rings. The van der Waals surface area contributed by atoms with Gasteiger partial charge >= 0.3 is 5.97 Å². The molecule has 0 aliphatic rings. The van der Waals surface area contributed by atoms with Gasteiger partial charge in [0.1, 0.15) is 5.56 Å². The molecule has 0 aliphatic heterocycles. The van der Waals surface area contributed by atoms with Gasteiger partial charge in [-0.2, -0.15) is 4.73 Å². The smallest absolute Gasteiger partial charge is 0.343 e. The molecule has 5 nitrogen and oxygen atoms in total. The summed E-state index contributed by atoms with van der Waals surface area (Å²) in [6.45, 7) is 1.46. The van der Waals surface area contributed by atoms with E-state index in [1.165, 1.54) is 26.2 Å². The van der Waals surface area contributed by atoms with Gasteiger partial charge in [0.15, 0.2) is 0 Å². The van der Waals surface area contributed by atoms with Gasteiger partial charge in [0.05, 0.1) is 23.7 Å². The van der Waals surface area contributed by atoms with Crippen molar-refractivity contribution in [3.05, 3.63) is 44.7 Å². The quantitative estimate of drug-likeness (QED) is 0.634. The third-order valence-electron chi connectivity index (χ3n) is 2.73. The molecule has 18 heavy (non-hydrogen) atoms. The summed E-state index contributed by atoms with van der Waals surface area (Å²) in [5.74, 6) is -0.790. The largest absolute Gasteiger partial charge is 0.465 e. The summed E-state index contributed by atoms with van der Waals surface area (Å²) < 4.78 is 5.31. The minimum absolute atomic E-state index is 0.127. The van der Waals surface area contributed by atoms with Crippen molar-refractivity contribution in [1.29, 1.82) is 0 Å². The van der Waals surface area contributed by atoms with E-state index >= 15 is 0 Å². The van der Waals surface area contributed by atoms with Crippen LogP contribution in [0.15, 0.2) is 23.0 Å². The summed E-state index contributed by atoms with van der Waals surface area (Å²) in [5.41, 5.74) is -0.298. The number of aromatic nitrogens is 1. The Labute approximate surface area is 107 Å². The first-order chi connectivity index (χ1) is 8.47. The molecule has 1 aromatic heterocycles. The Kier molecular flexibility index (Phi) is 3.00. The molecular weight excluding hydrogens is 258 g/mol. The number of halogens is 1. The summed E-state index contributed by atoms with van der Waals surface area (Å²) in [5, 5.41) is 10.4. The summed E-state index contributed by atoms with van der Waals surface area (Å²) in [6, 6.07) is 4.46. The van der Waals surface area contributed by atoms with Crippen molar-refractivity contribution in [2.24, 2.45) is 0 Å². The number of rotatable bonds is 1. The van der Waals surface area contributed by atoms with Crippen molar-refractivity contribution < 1.29 is 14.7 Å². The second-order valence-electron chi connectivity index (χ2n) is 3.75. The van der Waals surface area contributed by atoms with Crippen LogP contribution < -0.4 is 5.43 Å². The molecule has 6 heteroatoms. The Hall–Kier alpha value is -2.01. The zero-order valence-electron chi connectivity index (χ0n) is 9.73. The van der Waals surface area contributed by atoms with E-state index in [0.717, 1.165) is 4.73 Å². The van der Waals surface area contributed by atoms with Crippen molar-refractivity contribution >= 4 is 28.5 Å². The van der Waals surface area contributed by atoms with Crippen molar-refractivity contribution in [3.8, 4) is 0 Å².